The Kier molecular flexibility index (Phi) is 6.78. The predicted octanol–water partition coefficient (Wildman–Crippen LogP) is -0.772. The Labute approximate surface area is 168 Å². The van der Waals surface area contributed by atoms with Crippen molar-refractivity contribution in [3.05, 3.63) is 22.3 Å². The van der Waals surface area contributed by atoms with E-state index in [1.165, 1.54) is 0 Å². The number of quaternary nitrogens is 1. The van der Waals surface area contributed by atoms with Crippen molar-refractivity contribution < 1.29 is 43.1 Å². The van der Waals surface area contributed by atoms with Crippen LogP contribution < -0.4 is 34.0 Å². The van der Waals surface area contributed by atoms with Crippen molar-refractivity contribution in [2.45, 2.75) is 46.1 Å². The molecular formula is C19H31IN2O3. The maximum absolute atomic E-state index is 12.7. The number of rotatable bonds is 4. The normalized spacial score (nSPS) is 19.5. The number of halogens is 1. The van der Waals surface area contributed by atoms with Gasteiger partial charge in [0.05, 0.1) is 34.2 Å². The van der Waals surface area contributed by atoms with E-state index in [1.54, 1.807) is 0 Å². The second-order valence-electron chi connectivity index (χ2n) is 8.13. The van der Waals surface area contributed by atoms with Gasteiger partial charge in [-0.25, -0.2) is 0 Å². The van der Waals surface area contributed by atoms with E-state index in [0.29, 0.717) is 18.7 Å². The van der Waals surface area contributed by atoms with Crippen molar-refractivity contribution in [1.29, 1.82) is 0 Å². The predicted molar refractivity (Wildman–Crippen MR) is 95.6 cm³/mol. The van der Waals surface area contributed by atoms with E-state index < -0.39 is 5.60 Å². The average Bonchev–Trinajstić information content (AvgIpc) is 2.49. The fourth-order valence-corrected chi connectivity index (χ4v) is 3.10. The van der Waals surface area contributed by atoms with Gasteiger partial charge in [-0.3, -0.25) is 4.79 Å². The van der Waals surface area contributed by atoms with E-state index in [-0.39, 0.29) is 29.9 Å². The molecule has 1 aliphatic heterocycles. The maximum atomic E-state index is 12.7. The third-order valence-electron chi connectivity index (χ3n) is 5.07. The molecule has 0 aromatic heterocycles. The number of fused-ring (bicyclic) bond motifs is 1. The summed E-state index contributed by atoms with van der Waals surface area (Å²) in [5.74, 6) is 1.04. The van der Waals surface area contributed by atoms with Crippen molar-refractivity contribution >= 4 is 5.91 Å². The molecule has 0 bridgehead atoms. The number of nitrogens with one attached hydrogen (secondary N) is 1. The Morgan fingerprint density at radius 3 is 2.36 bits per heavy atom. The van der Waals surface area contributed by atoms with Crippen LogP contribution in [0.3, 0.4) is 0 Å². The second-order valence-corrected chi connectivity index (χ2v) is 8.13. The van der Waals surface area contributed by atoms with Gasteiger partial charge in [0, 0.05) is 12.0 Å². The van der Waals surface area contributed by atoms with Gasteiger partial charge in [-0.05, 0) is 50.8 Å². The molecule has 2 rings (SSSR count). The van der Waals surface area contributed by atoms with Crippen LogP contribution in [0.5, 0.6) is 11.5 Å². The summed E-state index contributed by atoms with van der Waals surface area (Å²) in [4.78, 5) is 12.7. The molecule has 1 atom stereocenters. The smallest absolute Gasteiger partial charge is 0.264 e. The minimum atomic E-state index is -0.863. The molecule has 5 nitrogen and oxygen atoms in total. The first-order valence-corrected chi connectivity index (χ1v) is 8.55. The summed E-state index contributed by atoms with van der Waals surface area (Å²) in [5.41, 5.74) is 2.75. The molecule has 0 spiro atoms. The summed E-state index contributed by atoms with van der Waals surface area (Å²) >= 11 is 0. The van der Waals surface area contributed by atoms with Gasteiger partial charge in [-0.1, -0.05) is 0 Å². The van der Waals surface area contributed by atoms with Gasteiger partial charge in [0.2, 0.25) is 0 Å². The van der Waals surface area contributed by atoms with Crippen molar-refractivity contribution in [2.75, 3.05) is 34.2 Å². The first-order chi connectivity index (χ1) is 11.0. The van der Waals surface area contributed by atoms with E-state index >= 15 is 0 Å². The van der Waals surface area contributed by atoms with Crippen LogP contribution in [-0.2, 0) is 11.2 Å². The fraction of sp³-hybridized carbons (Fsp3) is 0.632. The molecule has 0 saturated heterocycles. The highest BCUT2D eigenvalue weighted by Gasteiger charge is 2.40. The van der Waals surface area contributed by atoms with Gasteiger partial charge < -0.3 is 43.6 Å². The van der Waals surface area contributed by atoms with Gasteiger partial charge in [-0.2, -0.15) is 0 Å². The molecular weight excluding hydrogens is 431 g/mol. The van der Waals surface area contributed by atoms with Crippen LogP contribution in [0.4, 0.5) is 0 Å². The first kappa shape index (κ1) is 22.0. The lowest BCUT2D eigenvalue weighted by Crippen LogP contribution is -3.00. The summed E-state index contributed by atoms with van der Waals surface area (Å²) in [5, 5.41) is 13.2. The number of likely N-dealkylation sites (N-methyl/N-ethyl adjacent to an activating group) is 1. The number of aromatic hydroxyl groups is 1. The quantitative estimate of drug-likeness (QED) is 0.457. The van der Waals surface area contributed by atoms with Gasteiger partial charge >= 0.3 is 0 Å². The monoisotopic (exact) mass is 462 g/mol. The molecule has 0 aliphatic carbocycles. The highest BCUT2D eigenvalue weighted by Crippen LogP contribution is 2.43. The van der Waals surface area contributed by atoms with Crippen LogP contribution in [0.2, 0.25) is 0 Å². The van der Waals surface area contributed by atoms with E-state index in [4.69, 9.17) is 4.74 Å². The molecule has 1 aliphatic rings. The molecule has 1 heterocycles. The van der Waals surface area contributed by atoms with Gasteiger partial charge in [0.25, 0.3) is 5.91 Å². The molecule has 1 amide bonds. The first-order valence-electron chi connectivity index (χ1n) is 8.55. The molecule has 1 aromatic carbocycles. The van der Waals surface area contributed by atoms with E-state index in [2.05, 4.69) is 26.5 Å². The molecule has 0 radical (unpaired) electrons. The minimum Gasteiger partial charge on any atom is -1.00 e. The molecule has 0 fully saturated rings. The van der Waals surface area contributed by atoms with E-state index in [0.717, 1.165) is 45.5 Å². The second kappa shape index (κ2) is 7.70. The van der Waals surface area contributed by atoms with Crippen molar-refractivity contribution in [2.24, 2.45) is 0 Å². The number of hydrogen-bond donors (Lipinski definition) is 2. The number of phenolic OH excluding ortho intramolecular Hbond substituents is 1. The average molecular weight is 462 g/mol. The summed E-state index contributed by atoms with van der Waals surface area (Å²) in [6, 6.07) is 0. The van der Waals surface area contributed by atoms with Gasteiger partial charge in [0.15, 0.2) is 5.60 Å². The zero-order valence-electron chi connectivity index (χ0n) is 16.4. The molecule has 25 heavy (non-hydrogen) atoms. The van der Waals surface area contributed by atoms with E-state index in [1.807, 2.05) is 27.7 Å². The molecule has 6 heteroatoms. The van der Waals surface area contributed by atoms with Crippen LogP contribution in [0.1, 0.15) is 35.6 Å². The third-order valence-corrected chi connectivity index (χ3v) is 5.07. The lowest BCUT2D eigenvalue weighted by atomic mass is 9.86. The highest BCUT2D eigenvalue weighted by atomic mass is 127. The summed E-state index contributed by atoms with van der Waals surface area (Å²) in [7, 11) is 6.30. The number of hydrogen-bond acceptors (Lipinski definition) is 3. The Morgan fingerprint density at radius 1 is 1.20 bits per heavy atom. The lowest BCUT2D eigenvalue weighted by molar-refractivity contribution is -0.869. The summed E-state index contributed by atoms with van der Waals surface area (Å²) < 4.78 is 6.99. The van der Waals surface area contributed by atoms with Crippen LogP contribution in [0.15, 0.2) is 0 Å². The van der Waals surface area contributed by atoms with Gasteiger partial charge in [-0.15, -0.1) is 0 Å². The van der Waals surface area contributed by atoms with Gasteiger partial charge in [0.1, 0.15) is 11.5 Å². The molecule has 1 aromatic rings. The van der Waals surface area contributed by atoms with Crippen LogP contribution >= 0.6 is 0 Å². The number of amides is 1. The number of carbonyl (C=O) groups excluding carboxylic acids is 1. The molecule has 142 valence electrons. The minimum absolute atomic E-state index is 0. The van der Waals surface area contributed by atoms with Crippen LogP contribution in [0, 0.1) is 20.8 Å². The number of nitrogens with zero attached hydrogens (tertiary/aromatic N) is 1. The topological polar surface area (TPSA) is 58.6 Å². The molecule has 0 saturated carbocycles. The fourth-order valence-electron chi connectivity index (χ4n) is 3.10. The third kappa shape index (κ3) is 4.58. The zero-order valence-corrected chi connectivity index (χ0v) is 18.6. The Balaban J connectivity index is 0.00000312. The van der Waals surface area contributed by atoms with Crippen LogP contribution in [-0.4, -0.2) is 55.3 Å². The largest absolute Gasteiger partial charge is 1.00 e. The van der Waals surface area contributed by atoms with Crippen LogP contribution in [0.25, 0.3) is 0 Å². The number of phenols is 1. The van der Waals surface area contributed by atoms with Crippen molar-refractivity contribution in [3.8, 4) is 11.5 Å². The summed E-state index contributed by atoms with van der Waals surface area (Å²) in [6.07, 6.45) is 1.34. The van der Waals surface area contributed by atoms with E-state index in [9.17, 15) is 9.90 Å². The SMILES string of the molecule is Cc1c(C)c2c(c(C)c1O)CCC(C)(C(=O)NCC[N+](C)(C)C)O2.[I-]. The highest BCUT2D eigenvalue weighted by molar-refractivity contribution is 5.85. The standard InChI is InChI=1S/C19H30N2O3.HI/c1-12-13(2)17-15(14(3)16(12)22)8-9-19(4,24-17)18(23)20-10-11-21(5,6)7;/h8-11H2,1-7H3,(H-,20,22,23);1H. The lowest BCUT2D eigenvalue weighted by Gasteiger charge is -2.37. The zero-order chi connectivity index (χ0) is 18.3. The summed E-state index contributed by atoms with van der Waals surface area (Å²) in [6.45, 7) is 9.08. The maximum Gasteiger partial charge on any atom is 0.264 e. The van der Waals surface area contributed by atoms with Crippen molar-refractivity contribution in [1.82, 2.24) is 5.32 Å². The Hall–Kier alpha value is -1.02. The molecule has 1 unspecified atom stereocenters. The number of benzene rings is 1. The Morgan fingerprint density at radius 2 is 1.80 bits per heavy atom. The number of carbonyl (C=O) groups is 1. The molecule has 2 N–H and O–H groups in total. The van der Waals surface area contributed by atoms with Crippen molar-refractivity contribution in [3.63, 3.8) is 0 Å². The Bertz CT molecular complexity index is 668. The number of ether oxygens (including phenoxy) is 1.